The molecule has 2 aromatic heterocycles. The summed E-state index contributed by atoms with van der Waals surface area (Å²) < 4.78 is 10.7. The molecule has 2 N–H and O–H groups in total. The lowest BCUT2D eigenvalue weighted by Crippen LogP contribution is -2.45. The molecule has 1 saturated carbocycles. The molecular formula is C22H25N3O3S. The van der Waals surface area contributed by atoms with Crippen LogP contribution in [0.25, 0.3) is 10.9 Å². The molecule has 1 aliphatic carbocycles. The molecule has 0 bridgehead atoms. The highest BCUT2D eigenvalue weighted by Gasteiger charge is 2.25. The van der Waals surface area contributed by atoms with E-state index < -0.39 is 0 Å². The molecule has 0 radical (unpaired) electrons. The second-order valence-electron chi connectivity index (χ2n) is 7.38. The fraction of sp³-hybridized carbons (Fsp3) is 0.364. The highest BCUT2D eigenvalue weighted by atomic mass is 32.1. The number of ether oxygens (including phenoxy) is 1. The van der Waals surface area contributed by atoms with Crippen molar-refractivity contribution in [2.45, 2.75) is 44.8 Å². The van der Waals surface area contributed by atoms with E-state index in [2.05, 4.69) is 15.2 Å². The maximum absolute atomic E-state index is 12.7. The van der Waals surface area contributed by atoms with Crippen LogP contribution in [0, 0.1) is 0 Å². The molecule has 3 aromatic rings. The van der Waals surface area contributed by atoms with E-state index >= 15 is 0 Å². The van der Waals surface area contributed by atoms with Gasteiger partial charge in [-0.05, 0) is 61.5 Å². The fourth-order valence-corrected chi connectivity index (χ4v) is 4.20. The van der Waals surface area contributed by atoms with Gasteiger partial charge in [-0.2, -0.15) is 0 Å². The van der Waals surface area contributed by atoms with Crippen molar-refractivity contribution in [2.75, 3.05) is 7.11 Å². The number of aromatic nitrogens is 1. The highest BCUT2D eigenvalue weighted by molar-refractivity contribution is 7.80. The normalized spacial score (nSPS) is 14.2. The van der Waals surface area contributed by atoms with E-state index in [0.29, 0.717) is 29.8 Å². The fourth-order valence-electron chi connectivity index (χ4n) is 3.92. The molecule has 29 heavy (non-hydrogen) atoms. The average Bonchev–Trinajstić information content (AvgIpc) is 3.44. The number of hydrogen-bond donors (Lipinski definition) is 2. The molecule has 0 spiro atoms. The van der Waals surface area contributed by atoms with Crippen molar-refractivity contribution >= 4 is 28.2 Å². The molecule has 4 rings (SSSR count). The second kappa shape index (κ2) is 8.69. The van der Waals surface area contributed by atoms with Gasteiger partial charge in [0.25, 0.3) is 5.56 Å². The molecule has 7 heteroatoms. The summed E-state index contributed by atoms with van der Waals surface area (Å²) in [5.41, 5.74) is 1.41. The first kappa shape index (κ1) is 19.5. The van der Waals surface area contributed by atoms with Crippen molar-refractivity contribution < 1.29 is 9.15 Å². The van der Waals surface area contributed by atoms with Crippen molar-refractivity contribution in [2.24, 2.45) is 0 Å². The van der Waals surface area contributed by atoms with E-state index in [1.54, 1.807) is 13.4 Å². The molecule has 152 valence electrons. The van der Waals surface area contributed by atoms with Crippen LogP contribution in [0.2, 0.25) is 0 Å². The number of hydrogen-bond acceptors (Lipinski definition) is 4. The zero-order valence-electron chi connectivity index (χ0n) is 16.4. The number of fused-ring (bicyclic) bond motifs is 1. The largest absolute Gasteiger partial charge is 0.497 e. The Morgan fingerprint density at radius 3 is 2.86 bits per heavy atom. The van der Waals surface area contributed by atoms with Crippen LogP contribution in [-0.4, -0.2) is 28.1 Å². The lowest BCUT2D eigenvalue weighted by Gasteiger charge is -2.31. The van der Waals surface area contributed by atoms with Gasteiger partial charge in [0, 0.05) is 22.5 Å². The number of H-pyrrole nitrogens is 1. The van der Waals surface area contributed by atoms with Gasteiger partial charge < -0.3 is 24.4 Å². The smallest absolute Gasteiger partial charge is 0.253 e. The molecule has 1 aliphatic rings. The van der Waals surface area contributed by atoms with Gasteiger partial charge in [-0.15, -0.1) is 0 Å². The molecule has 0 aliphatic heterocycles. The summed E-state index contributed by atoms with van der Waals surface area (Å²) in [5.74, 6) is 1.59. The minimum Gasteiger partial charge on any atom is -0.497 e. The van der Waals surface area contributed by atoms with Gasteiger partial charge in [0.05, 0.1) is 26.5 Å². The minimum atomic E-state index is -0.0838. The van der Waals surface area contributed by atoms with E-state index in [-0.39, 0.29) is 5.56 Å². The molecule has 0 saturated heterocycles. The second-order valence-corrected chi connectivity index (χ2v) is 7.77. The summed E-state index contributed by atoms with van der Waals surface area (Å²) in [6.07, 6.45) is 6.20. The van der Waals surface area contributed by atoms with E-state index in [1.165, 1.54) is 12.8 Å². The SMILES string of the molecule is COc1ccc2[nH]c(=O)c(CN(C(=S)NCc3ccco3)C3CCCC3)cc2c1. The monoisotopic (exact) mass is 411 g/mol. The maximum Gasteiger partial charge on any atom is 0.253 e. The lowest BCUT2D eigenvalue weighted by molar-refractivity contribution is 0.301. The van der Waals surface area contributed by atoms with Crippen molar-refractivity contribution in [3.8, 4) is 5.75 Å². The number of benzene rings is 1. The van der Waals surface area contributed by atoms with Gasteiger partial charge in [0.2, 0.25) is 0 Å². The Kier molecular flexibility index (Phi) is 5.85. The van der Waals surface area contributed by atoms with Crippen LogP contribution >= 0.6 is 12.2 Å². The molecular weight excluding hydrogens is 386 g/mol. The Morgan fingerprint density at radius 2 is 2.14 bits per heavy atom. The number of furan rings is 1. The van der Waals surface area contributed by atoms with Crippen LogP contribution in [0.5, 0.6) is 5.75 Å². The van der Waals surface area contributed by atoms with E-state index in [0.717, 1.165) is 35.3 Å². The van der Waals surface area contributed by atoms with Gasteiger partial charge in [0.15, 0.2) is 5.11 Å². The summed E-state index contributed by atoms with van der Waals surface area (Å²) in [7, 11) is 1.64. The molecule has 0 atom stereocenters. The summed E-state index contributed by atoms with van der Waals surface area (Å²) in [6, 6.07) is 11.7. The topological polar surface area (TPSA) is 70.5 Å². The van der Waals surface area contributed by atoms with Crippen molar-refractivity contribution in [3.05, 3.63) is 64.3 Å². The molecule has 2 heterocycles. The lowest BCUT2D eigenvalue weighted by atomic mass is 10.1. The third-order valence-electron chi connectivity index (χ3n) is 5.49. The third-order valence-corrected chi connectivity index (χ3v) is 5.87. The highest BCUT2D eigenvalue weighted by Crippen LogP contribution is 2.26. The Hall–Kier alpha value is -2.80. The van der Waals surface area contributed by atoms with Gasteiger partial charge in [0.1, 0.15) is 11.5 Å². The number of thiocarbonyl (C=S) groups is 1. The number of nitrogens with zero attached hydrogens (tertiary/aromatic N) is 1. The summed E-state index contributed by atoms with van der Waals surface area (Å²) in [5, 5.41) is 4.88. The Morgan fingerprint density at radius 1 is 1.31 bits per heavy atom. The van der Waals surface area contributed by atoms with Gasteiger partial charge in [-0.25, -0.2) is 0 Å². The zero-order chi connectivity index (χ0) is 20.2. The number of pyridine rings is 1. The van der Waals surface area contributed by atoms with Crippen LogP contribution in [-0.2, 0) is 13.1 Å². The minimum absolute atomic E-state index is 0.0838. The van der Waals surface area contributed by atoms with Crippen LogP contribution < -0.4 is 15.6 Å². The van der Waals surface area contributed by atoms with Crippen LogP contribution in [0.3, 0.4) is 0 Å². The van der Waals surface area contributed by atoms with E-state index in [4.69, 9.17) is 21.4 Å². The third kappa shape index (κ3) is 4.45. The Balaban J connectivity index is 1.58. The summed E-state index contributed by atoms with van der Waals surface area (Å²) in [4.78, 5) is 17.9. The van der Waals surface area contributed by atoms with E-state index in [1.807, 2.05) is 36.4 Å². The average molecular weight is 412 g/mol. The zero-order valence-corrected chi connectivity index (χ0v) is 17.3. The first-order valence-corrected chi connectivity index (χ1v) is 10.3. The van der Waals surface area contributed by atoms with Crippen LogP contribution in [0.4, 0.5) is 0 Å². The van der Waals surface area contributed by atoms with Crippen molar-refractivity contribution in [1.29, 1.82) is 0 Å². The predicted octanol–water partition coefficient (Wildman–Crippen LogP) is 3.95. The van der Waals surface area contributed by atoms with Crippen molar-refractivity contribution in [3.63, 3.8) is 0 Å². The van der Waals surface area contributed by atoms with E-state index in [9.17, 15) is 4.79 Å². The van der Waals surface area contributed by atoms with Gasteiger partial charge >= 0.3 is 0 Å². The first-order valence-electron chi connectivity index (χ1n) is 9.91. The number of aromatic amines is 1. The summed E-state index contributed by atoms with van der Waals surface area (Å²) in [6.45, 7) is 0.997. The standard InChI is InChI=1S/C22H25N3O3S/c1-27-18-8-9-20-15(12-18)11-16(21(26)24-20)14-25(17-5-2-3-6-17)22(29)23-13-19-7-4-10-28-19/h4,7-12,17H,2-3,5-6,13-14H2,1H3,(H,23,29)(H,24,26). The van der Waals surface area contributed by atoms with Gasteiger partial charge in [-0.1, -0.05) is 12.8 Å². The number of methoxy groups -OCH3 is 1. The molecule has 0 amide bonds. The molecule has 1 fully saturated rings. The van der Waals surface area contributed by atoms with Crippen LogP contribution in [0.15, 0.2) is 51.9 Å². The quantitative estimate of drug-likeness (QED) is 0.599. The summed E-state index contributed by atoms with van der Waals surface area (Å²) >= 11 is 5.70. The maximum atomic E-state index is 12.7. The first-order chi connectivity index (χ1) is 14.1. The number of rotatable bonds is 6. The van der Waals surface area contributed by atoms with Crippen molar-refractivity contribution in [1.82, 2.24) is 15.2 Å². The van der Waals surface area contributed by atoms with Crippen LogP contribution in [0.1, 0.15) is 37.0 Å². The Labute approximate surface area is 174 Å². The molecule has 6 nitrogen and oxygen atoms in total. The number of nitrogens with one attached hydrogen (secondary N) is 2. The predicted molar refractivity (Wildman–Crippen MR) is 117 cm³/mol. The molecule has 0 unspecified atom stereocenters. The molecule has 1 aromatic carbocycles. The van der Waals surface area contributed by atoms with Gasteiger partial charge in [-0.3, -0.25) is 4.79 Å². The Bertz CT molecular complexity index is 1040.